The topological polar surface area (TPSA) is 64.9 Å². The average Bonchev–Trinajstić information content (AvgIpc) is 3.15. The van der Waals surface area contributed by atoms with Crippen LogP contribution in [0.15, 0.2) is 71.3 Å². The summed E-state index contributed by atoms with van der Waals surface area (Å²) >= 11 is 3.40. The van der Waals surface area contributed by atoms with Crippen LogP contribution in [-0.4, -0.2) is 28.0 Å². The van der Waals surface area contributed by atoms with E-state index in [4.69, 9.17) is 14.5 Å². The number of esters is 1. The predicted molar refractivity (Wildman–Crippen MR) is 148 cm³/mol. The zero-order valence-electron chi connectivity index (χ0n) is 21.6. The highest BCUT2D eigenvalue weighted by molar-refractivity contribution is 9.10. The Morgan fingerprint density at radius 1 is 1.00 bits per heavy atom. The van der Waals surface area contributed by atoms with E-state index in [2.05, 4.69) is 60.3 Å². The lowest BCUT2D eigenvalue weighted by Crippen LogP contribution is -2.36. The summed E-state index contributed by atoms with van der Waals surface area (Å²) < 4.78 is 14.0. The number of fused-ring (bicyclic) bond motifs is 1. The highest BCUT2D eigenvalue weighted by Crippen LogP contribution is 2.38. The number of benzene rings is 2. The molecule has 4 rings (SSSR count). The van der Waals surface area contributed by atoms with Crippen molar-refractivity contribution < 1.29 is 14.3 Å². The number of carbonyl (C=O) groups excluding carboxylic acids is 1. The molecule has 2 aromatic heterocycles. The van der Waals surface area contributed by atoms with Crippen LogP contribution in [-0.2, 0) is 0 Å². The van der Waals surface area contributed by atoms with Gasteiger partial charge in [0.1, 0.15) is 17.2 Å². The van der Waals surface area contributed by atoms with Gasteiger partial charge in [-0.3, -0.25) is 4.40 Å². The number of pyridine rings is 1. The second-order valence-electron chi connectivity index (χ2n) is 10.7. The first-order valence-electron chi connectivity index (χ1n) is 11.9. The summed E-state index contributed by atoms with van der Waals surface area (Å²) in [6.45, 7) is 11.1. The standard InChI is InChI=1S/C29H32BrN3O3/c1-28(2,3)18-29(4,5)32-26-25(31-24-13-9-10-16-33(24)26)19-14-15-22(23(17-19)35-6)36-27(34)20-11-7-8-12-21(20)30/h7-17,32H,18H2,1-6H3. The molecule has 1 N–H and O–H groups in total. The predicted octanol–water partition coefficient (Wildman–Crippen LogP) is 7.62. The van der Waals surface area contributed by atoms with Gasteiger partial charge >= 0.3 is 5.97 Å². The Bertz CT molecular complexity index is 1400. The fourth-order valence-corrected chi connectivity index (χ4v) is 5.13. The van der Waals surface area contributed by atoms with E-state index < -0.39 is 5.97 Å². The molecule has 0 aliphatic heterocycles. The van der Waals surface area contributed by atoms with Crippen LogP contribution in [0.25, 0.3) is 16.9 Å². The molecule has 6 nitrogen and oxygen atoms in total. The zero-order valence-corrected chi connectivity index (χ0v) is 23.1. The van der Waals surface area contributed by atoms with Crippen molar-refractivity contribution in [2.24, 2.45) is 5.41 Å². The van der Waals surface area contributed by atoms with Gasteiger partial charge in [0.2, 0.25) is 0 Å². The van der Waals surface area contributed by atoms with Gasteiger partial charge in [0.25, 0.3) is 0 Å². The van der Waals surface area contributed by atoms with Crippen LogP contribution >= 0.6 is 15.9 Å². The van der Waals surface area contributed by atoms with Crippen molar-refractivity contribution in [3.05, 3.63) is 76.9 Å². The van der Waals surface area contributed by atoms with Crippen molar-refractivity contribution in [2.45, 2.75) is 46.6 Å². The summed E-state index contributed by atoms with van der Waals surface area (Å²) in [5, 5.41) is 3.75. The highest BCUT2D eigenvalue weighted by Gasteiger charge is 2.28. The van der Waals surface area contributed by atoms with Crippen molar-refractivity contribution in [3.8, 4) is 22.8 Å². The number of aromatic nitrogens is 2. The van der Waals surface area contributed by atoms with Crippen LogP contribution in [0.1, 0.15) is 51.4 Å². The van der Waals surface area contributed by atoms with Crippen LogP contribution in [0.3, 0.4) is 0 Å². The fraction of sp³-hybridized carbons (Fsp3) is 0.310. The summed E-state index contributed by atoms with van der Waals surface area (Å²) in [4.78, 5) is 17.7. The molecule has 0 fully saturated rings. The molecule has 7 heteroatoms. The number of nitrogens with zero attached hydrogens (tertiary/aromatic N) is 2. The number of halogens is 1. The van der Waals surface area contributed by atoms with Gasteiger partial charge in [-0.25, -0.2) is 9.78 Å². The molecular formula is C29H32BrN3O3. The van der Waals surface area contributed by atoms with Crippen LogP contribution in [0.2, 0.25) is 0 Å². The summed E-state index contributed by atoms with van der Waals surface area (Å²) in [6.07, 6.45) is 2.97. The van der Waals surface area contributed by atoms with E-state index in [0.717, 1.165) is 29.1 Å². The summed E-state index contributed by atoms with van der Waals surface area (Å²) in [5.41, 5.74) is 2.90. The fourth-order valence-electron chi connectivity index (χ4n) is 4.69. The molecule has 0 saturated carbocycles. The molecule has 0 unspecified atom stereocenters. The minimum Gasteiger partial charge on any atom is -0.493 e. The van der Waals surface area contributed by atoms with E-state index in [1.54, 1.807) is 31.4 Å². The lowest BCUT2D eigenvalue weighted by atomic mass is 9.82. The van der Waals surface area contributed by atoms with Crippen LogP contribution in [0, 0.1) is 5.41 Å². The minimum absolute atomic E-state index is 0.152. The van der Waals surface area contributed by atoms with E-state index in [1.165, 1.54) is 0 Å². The Hall–Kier alpha value is -3.32. The third kappa shape index (κ3) is 5.73. The number of ether oxygens (including phenoxy) is 2. The Kier molecular flexibility index (Phi) is 7.14. The molecule has 0 saturated heterocycles. The first kappa shape index (κ1) is 25.8. The minimum atomic E-state index is -0.465. The molecular weight excluding hydrogens is 518 g/mol. The number of hydrogen-bond acceptors (Lipinski definition) is 5. The molecule has 0 aliphatic carbocycles. The second kappa shape index (κ2) is 9.97. The van der Waals surface area contributed by atoms with E-state index in [1.807, 2.05) is 42.6 Å². The number of anilines is 1. The monoisotopic (exact) mass is 549 g/mol. The Balaban J connectivity index is 1.72. The van der Waals surface area contributed by atoms with E-state index in [-0.39, 0.29) is 11.0 Å². The number of nitrogens with one attached hydrogen (secondary N) is 1. The van der Waals surface area contributed by atoms with Crippen LogP contribution < -0.4 is 14.8 Å². The molecule has 4 aromatic rings. The SMILES string of the molecule is COc1cc(-c2nc3ccccn3c2NC(C)(C)CC(C)(C)C)ccc1OC(=O)c1ccccc1Br. The third-order valence-corrected chi connectivity index (χ3v) is 6.38. The Morgan fingerprint density at radius 2 is 1.72 bits per heavy atom. The maximum atomic E-state index is 12.8. The maximum absolute atomic E-state index is 12.8. The number of carbonyl (C=O) groups is 1. The van der Waals surface area contributed by atoms with Crippen molar-refractivity contribution in [2.75, 3.05) is 12.4 Å². The van der Waals surface area contributed by atoms with E-state index in [9.17, 15) is 4.79 Å². The van der Waals surface area contributed by atoms with Crippen molar-refractivity contribution >= 4 is 33.4 Å². The smallest absolute Gasteiger partial charge is 0.344 e. The van der Waals surface area contributed by atoms with Gasteiger partial charge in [-0.15, -0.1) is 0 Å². The zero-order chi connectivity index (χ0) is 26.1. The lowest BCUT2D eigenvalue weighted by Gasteiger charge is -2.34. The molecule has 0 aliphatic rings. The molecule has 36 heavy (non-hydrogen) atoms. The number of imidazole rings is 1. The summed E-state index contributed by atoms with van der Waals surface area (Å²) in [7, 11) is 1.56. The molecule has 0 amide bonds. The van der Waals surface area contributed by atoms with Gasteiger partial charge in [0.05, 0.1) is 12.7 Å². The van der Waals surface area contributed by atoms with Gasteiger partial charge in [0, 0.05) is 21.8 Å². The largest absolute Gasteiger partial charge is 0.493 e. The van der Waals surface area contributed by atoms with Crippen molar-refractivity contribution in [3.63, 3.8) is 0 Å². The van der Waals surface area contributed by atoms with E-state index in [0.29, 0.717) is 21.5 Å². The third-order valence-electron chi connectivity index (χ3n) is 5.69. The summed E-state index contributed by atoms with van der Waals surface area (Å²) in [5.74, 6) is 1.23. The van der Waals surface area contributed by atoms with Crippen LogP contribution in [0.5, 0.6) is 11.5 Å². The molecule has 2 aromatic carbocycles. The molecule has 2 heterocycles. The molecule has 0 radical (unpaired) electrons. The van der Waals surface area contributed by atoms with Crippen molar-refractivity contribution in [1.29, 1.82) is 0 Å². The van der Waals surface area contributed by atoms with Gasteiger partial charge in [-0.05, 0) is 84.1 Å². The average molecular weight is 550 g/mol. The molecule has 188 valence electrons. The number of methoxy groups -OCH3 is 1. The van der Waals surface area contributed by atoms with Crippen LogP contribution in [0.4, 0.5) is 5.82 Å². The first-order valence-corrected chi connectivity index (χ1v) is 12.7. The van der Waals surface area contributed by atoms with Gasteiger partial charge in [-0.1, -0.05) is 39.0 Å². The molecule has 0 bridgehead atoms. The summed E-state index contributed by atoms with van der Waals surface area (Å²) in [6, 6.07) is 18.6. The molecule has 0 spiro atoms. The quantitative estimate of drug-likeness (QED) is 0.190. The van der Waals surface area contributed by atoms with Gasteiger partial charge in [-0.2, -0.15) is 0 Å². The lowest BCUT2D eigenvalue weighted by molar-refractivity contribution is 0.0729. The Morgan fingerprint density at radius 3 is 2.42 bits per heavy atom. The normalized spacial score (nSPS) is 12.0. The Labute approximate surface area is 220 Å². The number of hydrogen-bond donors (Lipinski definition) is 1. The van der Waals surface area contributed by atoms with Gasteiger partial charge < -0.3 is 14.8 Å². The second-order valence-corrected chi connectivity index (χ2v) is 11.6. The van der Waals surface area contributed by atoms with Gasteiger partial charge in [0.15, 0.2) is 11.5 Å². The van der Waals surface area contributed by atoms with E-state index >= 15 is 0 Å². The molecule has 0 atom stereocenters. The van der Waals surface area contributed by atoms with Crippen molar-refractivity contribution in [1.82, 2.24) is 9.38 Å². The first-order chi connectivity index (χ1) is 17.0. The maximum Gasteiger partial charge on any atom is 0.344 e. The number of rotatable bonds is 7. The highest BCUT2D eigenvalue weighted by atomic mass is 79.9.